The first-order valence-electron chi connectivity index (χ1n) is 8.56. The van der Waals surface area contributed by atoms with Gasteiger partial charge in [-0.2, -0.15) is 0 Å². The second-order valence-corrected chi connectivity index (χ2v) is 8.16. The molecule has 3 rings (SSSR count). The van der Waals surface area contributed by atoms with Crippen LogP contribution < -0.4 is 0 Å². The minimum Gasteiger partial charge on any atom is -0.128 e. The average Bonchev–Trinajstić information content (AvgIpc) is 3.15. The lowest BCUT2D eigenvalue weighted by Crippen LogP contribution is -1.99. The van der Waals surface area contributed by atoms with Crippen molar-refractivity contribution in [2.24, 2.45) is 0 Å². The fourth-order valence-corrected chi connectivity index (χ4v) is 6.02. The number of hydrogen-bond acceptors (Lipinski definition) is 2. The first-order valence-corrected chi connectivity index (χ1v) is 10.6. The van der Waals surface area contributed by atoms with Gasteiger partial charge in [-0.3, -0.25) is 0 Å². The summed E-state index contributed by atoms with van der Waals surface area (Å²) in [5, 5.41) is 0. The van der Waals surface area contributed by atoms with Crippen LogP contribution in [0, 0.1) is 0 Å². The molecule has 1 heterocycles. The van der Waals surface area contributed by atoms with Crippen LogP contribution in [-0.2, 0) is 32.1 Å². The van der Waals surface area contributed by atoms with Crippen LogP contribution in [0.15, 0.2) is 16.3 Å². The third-order valence-electron chi connectivity index (χ3n) is 4.93. The molecule has 1 aromatic carbocycles. The highest BCUT2D eigenvalue weighted by Gasteiger charge is 2.23. The zero-order valence-corrected chi connectivity index (χ0v) is 15.8. The Balaban J connectivity index is 2.17. The molecule has 2 aromatic rings. The SMILES string of the molecule is CCc1cc(-c2sc(SC)c3c2CCC3)cc(CC)c1CC. The fraction of sp³-hybridized carbons (Fsp3) is 0.500. The molecule has 0 atom stereocenters. The van der Waals surface area contributed by atoms with Crippen LogP contribution in [0.1, 0.15) is 55.0 Å². The zero-order chi connectivity index (χ0) is 15.7. The van der Waals surface area contributed by atoms with E-state index in [1.54, 1.807) is 36.9 Å². The van der Waals surface area contributed by atoms with Gasteiger partial charge in [0.15, 0.2) is 0 Å². The summed E-state index contributed by atoms with van der Waals surface area (Å²) in [4.78, 5) is 1.56. The largest absolute Gasteiger partial charge is 0.128 e. The number of rotatable bonds is 5. The predicted octanol–water partition coefficient (Wildman–Crippen LogP) is 6.31. The molecule has 0 saturated heterocycles. The molecule has 0 unspecified atom stereocenters. The van der Waals surface area contributed by atoms with Gasteiger partial charge in [0.2, 0.25) is 0 Å². The number of benzene rings is 1. The molecule has 0 amide bonds. The van der Waals surface area contributed by atoms with E-state index in [2.05, 4.69) is 39.2 Å². The van der Waals surface area contributed by atoms with E-state index in [9.17, 15) is 0 Å². The summed E-state index contributed by atoms with van der Waals surface area (Å²) >= 11 is 3.97. The van der Waals surface area contributed by atoms with Crippen molar-refractivity contribution in [1.29, 1.82) is 0 Å². The van der Waals surface area contributed by atoms with E-state index in [1.165, 1.54) is 24.8 Å². The highest BCUT2D eigenvalue weighted by atomic mass is 32.2. The molecule has 0 nitrogen and oxygen atoms in total. The summed E-state index contributed by atoms with van der Waals surface area (Å²) in [5.41, 5.74) is 9.50. The van der Waals surface area contributed by atoms with Crippen LogP contribution in [0.25, 0.3) is 10.4 Å². The van der Waals surface area contributed by atoms with Crippen molar-refractivity contribution in [2.75, 3.05) is 6.26 Å². The van der Waals surface area contributed by atoms with Crippen molar-refractivity contribution in [3.05, 3.63) is 39.9 Å². The van der Waals surface area contributed by atoms with E-state index < -0.39 is 0 Å². The third-order valence-corrected chi connectivity index (χ3v) is 7.42. The number of thioether (sulfide) groups is 1. The summed E-state index contributed by atoms with van der Waals surface area (Å²) in [5.74, 6) is 0. The smallest absolute Gasteiger partial charge is 0.0637 e. The highest BCUT2D eigenvalue weighted by molar-refractivity contribution is 8.00. The minimum absolute atomic E-state index is 1.15. The maximum Gasteiger partial charge on any atom is 0.0637 e. The first-order chi connectivity index (χ1) is 10.7. The molecule has 22 heavy (non-hydrogen) atoms. The van der Waals surface area contributed by atoms with Gasteiger partial charge >= 0.3 is 0 Å². The number of aryl methyl sites for hydroxylation is 2. The van der Waals surface area contributed by atoms with Crippen molar-refractivity contribution in [3.8, 4) is 10.4 Å². The van der Waals surface area contributed by atoms with Crippen molar-refractivity contribution >= 4 is 23.1 Å². The van der Waals surface area contributed by atoms with Gasteiger partial charge in [-0.25, -0.2) is 0 Å². The minimum atomic E-state index is 1.15. The van der Waals surface area contributed by atoms with Gasteiger partial charge in [0, 0.05) is 4.88 Å². The highest BCUT2D eigenvalue weighted by Crippen LogP contribution is 2.45. The van der Waals surface area contributed by atoms with Crippen LogP contribution in [-0.4, -0.2) is 6.26 Å². The Kier molecular flexibility index (Phi) is 4.99. The van der Waals surface area contributed by atoms with Crippen LogP contribution >= 0.6 is 23.1 Å². The maximum absolute atomic E-state index is 2.48. The Bertz CT molecular complexity index is 654. The molecule has 2 heteroatoms. The lowest BCUT2D eigenvalue weighted by atomic mass is 9.92. The lowest BCUT2D eigenvalue weighted by molar-refractivity contribution is 0.906. The average molecular weight is 331 g/mol. The van der Waals surface area contributed by atoms with Crippen molar-refractivity contribution in [3.63, 3.8) is 0 Å². The molecule has 1 aromatic heterocycles. The molecule has 0 fully saturated rings. The Hall–Kier alpha value is -0.730. The topological polar surface area (TPSA) is 0 Å². The van der Waals surface area contributed by atoms with E-state index in [-0.39, 0.29) is 0 Å². The normalized spacial score (nSPS) is 13.6. The maximum atomic E-state index is 2.48. The van der Waals surface area contributed by atoms with Gasteiger partial charge in [-0.15, -0.1) is 23.1 Å². The van der Waals surface area contributed by atoms with E-state index in [1.807, 2.05) is 23.1 Å². The summed E-state index contributed by atoms with van der Waals surface area (Å²) in [6.45, 7) is 6.88. The molecule has 0 spiro atoms. The van der Waals surface area contributed by atoms with Gasteiger partial charge in [0.25, 0.3) is 0 Å². The van der Waals surface area contributed by atoms with Crippen molar-refractivity contribution in [1.82, 2.24) is 0 Å². The Morgan fingerprint density at radius 1 is 0.955 bits per heavy atom. The van der Waals surface area contributed by atoms with E-state index in [0.29, 0.717) is 0 Å². The predicted molar refractivity (Wildman–Crippen MR) is 102 cm³/mol. The summed E-state index contributed by atoms with van der Waals surface area (Å²) in [6, 6.07) is 4.96. The molecule has 1 aliphatic carbocycles. The van der Waals surface area contributed by atoms with Gasteiger partial charge in [0.1, 0.15) is 0 Å². The lowest BCUT2D eigenvalue weighted by Gasteiger charge is -2.14. The molecular formula is C20H26S2. The quantitative estimate of drug-likeness (QED) is 0.579. The summed E-state index contributed by atoms with van der Waals surface area (Å²) < 4.78 is 1.55. The molecule has 0 saturated carbocycles. The third kappa shape index (κ3) is 2.65. The van der Waals surface area contributed by atoms with Gasteiger partial charge in [-0.1, -0.05) is 32.9 Å². The van der Waals surface area contributed by atoms with Crippen molar-refractivity contribution < 1.29 is 0 Å². The van der Waals surface area contributed by atoms with Gasteiger partial charge in [0.05, 0.1) is 4.21 Å². The van der Waals surface area contributed by atoms with E-state index >= 15 is 0 Å². The second kappa shape index (κ2) is 6.80. The summed E-state index contributed by atoms with van der Waals surface area (Å²) in [7, 11) is 0. The molecule has 0 radical (unpaired) electrons. The van der Waals surface area contributed by atoms with Gasteiger partial charge < -0.3 is 0 Å². The number of hydrogen-bond donors (Lipinski definition) is 0. The Morgan fingerprint density at radius 3 is 2.14 bits per heavy atom. The van der Waals surface area contributed by atoms with Crippen LogP contribution in [0.4, 0.5) is 0 Å². The second-order valence-electron chi connectivity index (χ2n) is 6.07. The first kappa shape index (κ1) is 16.1. The van der Waals surface area contributed by atoms with Crippen LogP contribution in [0.2, 0.25) is 0 Å². The van der Waals surface area contributed by atoms with E-state index in [4.69, 9.17) is 0 Å². The number of fused-ring (bicyclic) bond motifs is 1. The molecule has 0 aliphatic heterocycles. The van der Waals surface area contributed by atoms with Crippen molar-refractivity contribution in [2.45, 2.75) is 63.5 Å². The Labute approximate surface area is 143 Å². The Morgan fingerprint density at radius 2 is 1.59 bits per heavy atom. The van der Waals surface area contributed by atoms with E-state index in [0.717, 1.165) is 19.3 Å². The van der Waals surface area contributed by atoms with Gasteiger partial charge in [-0.05, 0) is 78.2 Å². The fourth-order valence-electron chi connectivity index (χ4n) is 3.85. The monoisotopic (exact) mass is 330 g/mol. The molecule has 0 N–H and O–H groups in total. The molecule has 0 bridgehead atoms. The molecule has 1 aliphatic rings. The standard InChI is InChI=1S/C20H26S2/c1-5-13-11-15(12-14(6-2)16(13)7-3)19-17-9-8-10-18(17)20(21-4)22-19/h11-12H,5-10H2,1-4H3. The zero-order valence-electron chi connectivity index (χ0n) is 14.2. The summed E-state index contributed by atoms with van der Waals surface area (Å²) in [6.07, 6.45) is 9.58. The number of thiophene rings is 1. The van der Waals surface area contributed by atoms with Crippen LogP contribution in [0.5, 0.6) is 0 Å². The molecule has 118 valence electrons. The molecular weight excluding hydrogens is 304 g/mol. The van der Waals surface area contributed by atoms with Crippen LogP contribution in [0.3, 0.4) is 0 Å².